The number of hydrogen-bond donors (Lipinski definition) is 1. The maximum atomic E-state index is 6.07. The molecule has 0 saturated carbocycles. The zero-order valence-corrected chi connectivity index (χ0v) is 14.2. The van der Waals surface area contributed by atoms with E-state index in [1.807, 2.05) is 13.8 Å². The third kappa shape index (κ3) is 9.42. The average Bonchev–Trinajstić information content (AvgIpc) is 2.21. The Morgan fingerprint density at radius 1 is 1.00 bits per heavy atom. The molecular formula is C16H35NO2. The number of nitrogens with two attached hydrogens (primary N) is 1. The second kappa shape index (κ2) is 7.61. The molecule has 19 heavy (non-hydrogen) atoms. The summed E-state index contributed by atoms with van der Waals surface area (Å²) in [7, 11) is 0. The van der Waals surface area contributed by atoms with Crippen LogP contribution in [0, 0.1) is 11.8 Å². The fourth-order valence-electron chi connectivity index (χ4n) is 1.46. The van der Waals surface area contributed by atoms with E-state index < -0.39 is 0 Å². The van der Waals surface area contributed by atoms with Gasteiger partial charge >= 0.3 is 0 Å². The summed E-state index contributed by atoms with van der Waals surface area (Å²) in [6.45, 7) is 18.4. The zero-order valence-electron chi connectivity index (χ0n) is 14.2. The van der Waals surface area contributed by atoms with Crippen molar-refractivity contribution in [3.63, 3.8) is 0 Å². The zero-order chi connectivity index (χ0) is 15.3. The molecule has 3 atom stereocenters. The average molecular weight is 273 g/mol. The van der Waals surface area contributed by atoms with E-state index in [4.69, 9.17) is 15.2 Å². The first-order chi connectivity index (χ1) is 8.43. The molecule has 0 radical (unpaired) electrons. The van der Waals surface area contributed by atoms with E-state index in [-0.39, 0.29) is 17.2 Å². The van der Waals surface area contributed by atoms with Gasteiger partial charge in [-0.1, -0.05) is 13.8 Å². The third-order valence-corrected chi connectivity index (χ3v) is 3.79. The Bertz CT molecular complexity index is 240. The van der Waals surface area contributed by atoms with E-state index in [1.54, 1.807) is 0 Å². The second-order valence-corrected chi connectivity index (χ2v) is 7.49. The summed E-state index contributed by atoms with van der Waals surface area (Å²) in [5.41, 5.74) is 5.83. The lowest BCUT2D eigenvalue weighted by molar-refractivity contribution is -0.0340. The SMILES string of the molecule is CC(CCOC(C)(C)C)C(C)OCC(C)C(C)(C)N. The van der Waals surface area contributed by atoms with Crippen LogP contribution < -0.4 is 5.73 Å². The highest BCUT2D eigenvalue weighted by molar-refractivity contribution is 4.79. The van der Waals surface area contributed by atoms with Crippen molar-refractivity contribution in [2.24, 2.45) is 17.6 Å². The first kappa shape index (κ1) is 18.9. The molecule has 0 aromatic heterocycles. The first-order valence-electron chi connectivity index (χ1n) is 7.48. The molecule has 0 aliphatic carbocycles. The van der Waals surface area contributed by atoms with E-state index in [9.17, 15) is 0 Å². The monoisotopic (exact) mass is 273 g/mol. The molecule has 0 rings (SSSR count). The minimum atomic E-state index is -0.182. The fraction of sp³-hybridized carbons (Fsp3) is 1.00. The molecule has 3 heteroatoms. The van der Waals surface area contributed by atoms with Crippen LogP contribution in [0.2, 0.25) is 0 Å². The number of ether oxygens (including phenoxy) is 2. The van der Waals surface area contributed by atoms with Gasteiger partial charge in [-0.2, -0.15) is 0 Å². The molecule has 3 nitrogen and oxygen atoms in total. The normalized spacial score (nSPS) is 18.2. The minimum Gasteiger partial charge on any atom is -0.378 e. The van der Waals surface area contributed by atoms with E-state index >= 15 is 0 Å². The highest BCUT2D eigenvalue weighted by atomic mass is 16.5. The largest absolute Gasteiger partial charge is 0.378 e. The Morgan fingerprint density at radius 2 is 1.53 bits per heavy atom. The molecule has 116 valence electrons. The molecule has 0 spiro atoms. The van der Waals surface area contributed by atoms with Crippen molar-refractivity contribution < 1.29 is 9.47 Å². The van der Waals surface area contributed by atoms with Crippen LogP contribution in [0.3, 0.4) is 0 Å². The molecule has 0 aliphatic rings. The van der Waals surface area contributed by atoms with Gasteiger partial charge in [0, 0.05) is 12.1 Å². The minimum absolute atomic E-state index is 0.0537. The molecule has 0 saturated heterocycles. The summed E-state index contributed by atoms with van der Waals surface area (Å²) in [5, 5.41) is 0. The smallest absolute Gasteiger partial charge is 0.0598 e. The van der Waals surface area contributed by atoms with Crippen molar-refractivity contribution >= 4 is 0 Å². The predicted octanol–water partition coefficient (Wildman–Crippen LogP) is 3.61. The Balaban J connectivity index is 3.91. The van der Waals surface area contributed by atoms with Crippen LogP contribution in [0.4, 0.5) is 0 Å². The van der Waals surface area contributed by atoms with Crippen molar-refractivity contribution in [3.8, 4) is 0 Å². The van der Waals surface area contributed by atoms with Crippen molar-refractivity contribution in [2.45, 2.75) is 79.1 Å². The maximum absolute atomic E-state index is 6.07. The van der Waals surface area contributed by atoms with Gasteiger partial charge in [-0.3, -0.25) is 0 Å². The van der Waals surface area contributed by atoms with Gasteiger partial charge in [0.2, 0.25) is 0 Å². The Hall–Kier alpha value is -0.120. The molecule has 0 aromatic rings. The van der Waals surface area contributed by atoms with Gasteiger partial charge < -0.3 is 15.2 Å². The summed E-state index contributed by atoms with van der Waals surface area (Å²) in [6, 6.07) is 0. The first-order valence-corrected chi connectivity index (χ1v) is 7.48. The molecule has 0 aliphatic heterocycles. The van der Waals surface area contributed by atoms with Gasteiger partial charge in [0.15, 0.2) is 0 Å². The standard InChI is InChI=1S/C16H35NO2/c1-12(9-10-19-15(4,5)6)14(3)18-11-13(2)16(7,8)17/h12-14H,9-11,17H2,1-8H3. The lowest BCUT2D eigenvalue weighted by atomic mass is 9.91. The van der Waals surface area contributed by atoms with Crippen molar-refractivity contribution in [3.05, 3.63) is 0 Å². The maximum Gasteiger partial charge on any atom is 0.0598 e. The molecule has 0 aromatic carbocycles. The van der Waals surface area contributed by atoms with Gasteiger partial charge in [-0.25, -0.2) is 0 Å². The topological polar surface area (TPSA) is 44.5 Å². The van der Waals surface area contributed by atoms with Gasteiger partial charge in [-0.15, -0.1) is 0 Å². The molecule has 0 fully saturated rings. The number of rotatable bonds is 8. The van der Waals surface area contributed by atoms with Crippen LogP contribution >= 0.6 is 0 Å². The third-order valence-electron chi connectivity index (χ3n) is 3.79. The van der Waals surface area contributed by atoms with Crippen LogP contribution in [0.25, 0.3) is 0 Å². The van der Waals surface area contributed by atoms with Crippen molar-refractivity contribution in [1.82, 2.24) is 0 Å². The Kier molecular flexibility index (Phi) is 7.56. The van der Waals surface area contributed by atoms with Crippen LogP contribution in [-0.4, -0.2) is 30.5 Å². The van der Waals surface area contributed by atoms with E-state index in [0.29, 0.717) is 11.8 Å². The molecular weight excluding hydrogens is 238 g/mol. The summed E-state index contributed by atoms with van der Waals surface area (Å²) in [6.07, 6.45) is 1.27. The van der Waals surface area contributed by atoms with Crippen LogP contribution in [0.5, 0.6) is 0 Å². The summed E-state index contributed by atoms with van der Waals surface area (Å²) in [4.78, 5) is 0. The summed E-state index contributed by atoms with van der Waals surface area (Å²) < 4.78 is 11.7. The number of hydrogen-bond acceptors (Lipinski definition) is 3. The molecule has 2 N–H and O–H groups in total. The Labute approximate surface area is 120 Å². The quantitative estimate of drug-likeness (QED) is 0.735. The van der Waals surface area contributed by atoms with Crippen LogP contribution in [0.15, 0.2) is 0 Å². The summed E-state index contributed by atoms with van der Waals surface area (Å²) >= 11 is 0. The van der Waals surface area contributed by atoms with Crippen molar-refractivity contribution in [1.29, 1.82) is 0 Å². The predicted molar refractivity (Wildman–Crippen MR) is 82.3 cm³/mol. The van der Waals surface area contributed by atoms with Gasteiger partial charge in [-0.05, 0) is 59.8 Å². The lowest BCUT2D eigenvalue weighted by Crippen LogP contribution is -2.42. The van der Waals surface area contributed by atoms with Gasteiger partial charge in [0.25, 0.3) is 0 Å². The molecule has 3 unspecified atom stereocenters. The van der Waals surface area contributed by atoms with E-state index in [1.165, 1.54) is 0 Å². The lowest BCUT2D eigenvalue weighted by Gasteiger charge is -2.30. The van der Waals surface area contributed by atoms with E-state index in [0.717, 1.165) is 19.6 Å². The van der Waals surface area contributed by atoms with Crippen LogP contribution in [0.1, 0.15) is 61.8 Å². The fourth-order valence-corrected chi connectivity index (χ4v) is 1.46. The highest BCUT2D eigenvalue weighted by Crippen LogP contribution is 2.18. The second-order valence-electron chi connectivity index (χ2n) is 7.49. The summed E-state index contributed by atoms with van der Waals surface area (Å²) in [5.74, 6) is 0.850. The highest BCUT2D eigenvalue weighted by Gasteiger charge is 2.22. The molecule has 0 amide bonds. The van der Waals surface area contributed by atoms with Gasteiger partial charge in [0.05, 0.1) is 18.3 Å². The van der Waals surface area contributed by atoms with E-state index in [2.05, 4.69) is 41.5 Å². The van der Waals surface area contributed by atoms with Crippen molar-refractivity contribution in [2.75, 3.05) is 13.2 Å². The Morgan fingerprint density at radius 3 is 1.95 bits per heavy atom. The molecule has 0 heterocycles. The molecule has 0 bridgehead atoms. The van der Waals surface area contributed by atoms with Gasteiger partial charge in [0.1, 0.15) is 0 Å². The van der Waals surface area contributed by atoms with Crippen LogP contribution in [-0.2, 0) is 9.47 Å².